The van der Waals surface area contributed by atoms with Gasteiger partial charge in [0.15, 0.2) is 0 Å². The SMILES string of the molecule is CC(NCc1ccn(C2CCC2)n1)c1ccc(-n2ccnn2)cc1. The molecule has 1 unspecified atom stereocenters. The number of aromatic nitrogens is 5. The summed E-state index contributed by atoms with van der Waals surface area (Å²) in [7, 11) is 0. The van der Waals surface area contributed by atoms with Crippen molar-refractivity contribution in [2.75, 3.05) is 0 Å². The Morgan fingerprint density at radius 1 is 1.17 bits per heavy atom. The Balaban J connectivity index is 1.35. The minimum atomic E-state index is 0.267. The lowest BCUT2D eigenvalue weighted by Gasteiger charge is -2.25. The van der Waals surface area contributed by atoms with Crippen LogP contribution in [0.4, 0.5) is 0 Å². The molecule has 24 heavy (non-hydrogen) atoms. The maximum absolute atomic E-state index is 4.68. The van der Waals surface area contributed by atoms with Crippen molar-refractivity contribution in [3.63, 3.8) is 0 Å². The maximum atomic E-state index is 4.68. The molecule has 1 aromatic carbocycles. The van der Waals surface area contributed by atoms with Crippen LogP contribution in [0.3, 0.4) is 0 Å². The first-order chi connectivity index (χ1) is 11.8. The normalized spacial score (nSPS) is 16.0. The van der Waals surface area contributed by atoms with Gasteiger partial charge in [0.25, 0.3) is 0 Å². The monoisotopic (exact) mass is 322 g/mol. The second-order valence-corrected chi connectivity index (χ2v) is 6.41. The van der Waals surface area contributed by atoms with Crippen LogP contribution in [-0.4, -0.2) is 24.8 Å². The van der Waals surface area contributed by atoms with Gasteiger partial charge in [-0.25, -0.2) is 4.68 Å². The molecule has 1 aliphatic rings. The molecule has 124 valence electrons. The Morgan fingerprint density at radius 2 is 2.00 bits per heavy atom. The molecular formula is C18H22N6. The van der Waals surface area contributed by atoms with Crippen molar-refractivity contribution in [1.82, 2.24) is 30.1 Å². The average molecular weight is 322 g/mol. The summed E-state index contributed by atoms with van der Waals surface area (Å²) in [5.74, 6) is 0. The molecule has 0 amide bonds. The zero-order chi connectivity index (χ0) is 16.4. The van der Waals surface area contributed by atoms with Crippen LogP contribution >= 0.6 is 0 Å². The van der Waals surface area contributed by atoms with E-state index in [4.69, 9.17) is 0 Å². The zero-order valence-corrected chi connectivity index (χ0v) is 13.8. The van der Waals surface area contributed by atoms with Gasteiger partial charge in [0, 0.05) is 18.8 Å². The molecule has 0 spiro atoms. The molecule has 1 aliphatic carbocycles. The minimum absolute atomic E-state index is 0.267. The molecule has 1 atom stereocenters. The van der Waals surface area contributed by atoms with E-state index in [9.17, 15) is 0 Å². The van der Waals surface area contributed by atoms with E-state index in [-0.39, 0.29) is 6.04 Å². The van der Waals surface area contributed by atoms with E-state index >= 15 is 0 Å². The Morgan fingerprint density at radius 3 is 2.67 bits per heavy atom. The van der Waals surface area contributed by atoms with E-state index in [2.05, 4.69) is 68.9 Å². The largest absolute Gasteiger partial charge is 0.304 e. The Labute approximate surface area is 141 Å². The molecule has 0 radical (unpaired) electrons. The summed E-state index contributed by atoms with van der Waals surface area (Å²) in [5.41, 5.74) is 3.37. The third-order valence-corrected chi connectivity index (χ3v) is 4.78. The van der Waals surface area contributed by atoms with Crippen LogP contribution in [0.1, 0.15) is 49.5 Å². The fourth-order valence-corrected chi connectivity index (χ4v) is 2.96. The first-order valence-corrected chi connectivity index (χ1v) is 8.54. The molecule has 0 saturated heterocycles. The lowest BCUT2D eigenvalue weighted by Crippen LogP contribution is -2.20. The predicted octanol–water partition coefficient (Wildman–Crippen LogP) is 3.04. The molecule has 2 aromatic heterocycles. The topological polar surface area (TPSA) is 60.6 Å². The molecule has 1 N–H and O–H groups in total. The fourth-order valence-electron chi connectivity index (χ4n) is 2.96. The Bertz CT molecular complexity index is 770. The summed E-state index contributed by atoms with van der Waals surface area (Å²) in [6.07, 6.45) is 9.50. The summed E-state index contributed by atoms with van der Waals surface area (Å²) >= 11 is 0. The molecule has 4 rings (SSSR count). The number of hydrogen-bond donors (Lipinski definition) is 1. The van der Waals surface area contributed by atoms with Crippen LogP contribution in [-0.2, 0) is 6.54 Å². The van der Waals surface area contributed by atoms with Gasteiger partial charge in [-0.1, -0.05) is 17.3 Å². The number of hydrogen-bond acceptors (Lipinski definition) is 4. The highest BCUT2D eigenvalue weighted by Gasteiger charge is 2.19. The number of nitrogens with one attached hydrogen (secondary N) is 1. The molecular weight excluding hydrogens is 300 g/mol. The summed E-state index contributed by atoms with van der Waals surface area (Å²) in [5, 5.41) is 16.1. The Kier molecular flexibility index (Phi) is 4.13. The van der Waals surface area contributed by atoms with E-state index in [0.717, 1.165) is 17.9 Å². The molecule has 6 heteroatoms. The molecule has 1 saturated carbocycles. The van der Waals surface area contributed by atoms with Crippen molar-refractivity contribution >= 4 is 0 Å². The van der Waals surface area contributed by atoms with Crippen LogP contribution < -0.4 is 5.32 Å². The van der Waals surface area contributed by atoms with Crippen LogP contribution in [0.25, 0.3) is 5.69 Å². The lowest BCUT2D eigenvalue weighted by atomic mass is 9.93. The van der Waals surface area contributed by atoms with E-state index in [1.54, 1.807) is 10.9 Å². The third-order valence-electron chi connectivity index (χ3n) is 4.78. The molecule has 0 aliphatic heterocycles. The van der Waals surface area contributed by atoms with Crippen molar-refractivity contribution < 1.29 is 0 Å². The quantitative estimate of drug-likeness (QED) is 0.758. The fraction of sp³-hybridized carbons (Fsp3) is 0.389. The van der Waals surface area contributed by atoms with Crippen LogP contribution in [0, 0.1) is 0 Å². The second kappa shape index (κ2) is 6.57. The van der Waals surface area contributed by atoms with Crippen molar-refractivity contribution in [3.8, 4) is 5.69 Å². The number of rotatable bonds is 6. The van der Waals surface area contributed by atoms with E-state index in [1.165, 1.54) is 24.8 Å². The predicted molar refractivity (Wildman–Crippen MR) is 91.7 cm³/mol. The summed E-state index contributed by atoms with van der Waals surface area (Å²) < 4.78 is 3.88. The van der Waals surface area contributed by atoms with Gasteiger partial charge in [0.2, 0.25) is 0 Å². The van der Waals surface area contributed by atoms with Gasteiger partial charge in [-0.2, -0.15) is 5.10 Å². The van der Waals surface area contributed by atoms with Crippen molar-refractivity contribution in [2.45, 2.75) is 44.8 Å². The van der Waals surface area contributed by atoms with E-state index in [0.29, 0.717) is 6.04 Å². The summed E-state index contributed by atoms with van der Waals surface area (Å²) in [6.45, 7) is 2.96. The standard InChI is InChI=1S/C18H22N6/c1-14(15-5-7-18(8-6-15)24-12-10-20-22-24)19-13-16-9-11-23(21-16)17-3-2-4-17/h5-12,14,17,19H,2-4,13H2,1H3. The third kappa shape index (κ3) is 3.10. The first-order valence-electron chi connectivity index (χ1n) is 8.54. The molecule has 6 nitrogen and oxygen atoms in total. The molecule has 2 heterocycles. The summed E-state index contributed by atoms with van der Waals surface area (Å²) in [4.78, 5) is 0. The van der Waals surface area contributed by atoms with Gasteiger partial charge >= 0.3 is 0 Å². The van der Waals surface area contributed by atoms with Crippen molar-refractivity contribution in [3.05, 3.63) is 60.2 Å². The van der Waals surface area contributed by atoms with Crippen LogP contribution in [0.15, 0.2) is 48.9 Å². The van der Waals surface area contributed by atoms with Gasteiger partial charge in [0.05, 0.1) is 29.8 Å². The van der Waals surface area contributed by atoms with Crippen molar-refractivity contribution in [1.29, 1.82) is 0 Å². The van der Waals surface area contributed by atoms with Crippen LogP contribution in [0.2, 0.25) is 0 Å². The first kappa shape index (κ1) is 15.1. The van der Waals surface area contributed by atoms with Gasteiger partial charge in [0.1, 0.15) is 0 Å². The maximum Gasteiger partial charge on any atom is 0.0762 e. The number of benzene rings is 1. The highest BCUT2D eigenvalue weighted by atomic mass is 15.4. The zero-order valence-electron chi connectivity index (χ0n) is 13.8. The van der Waals surface area contributed by atoms with Crippen molar-refractivity contribution in [2.24, 2.45) is 0 Å². The molecule has 1 fully saturated rings. The smallest absolute Gasteiger partial charge is 0.0762 e. The highest BCUT2D eigenvalue weighted by molar-refractivity contribution is 5.34. The molecule has 3 aromatic rings. The van der Waals surface area contributed by atoms with Gasteiger partial charge in [-0.3, -0.25) is 4.68 Å². The average Bonchev–Trinajstić information content (AvgIpc) is 3.23. The number of nitrogens with zero attached hydrogens (tertiary/aromatic N) is 5. The van der Waals surface area contributed by atoms with Gasteiger partial charge in [-0.05, 0) is 49.9 Å². The van der Waals surface area contributed by atoms with Crippen LogP contribution in [0.5, 0.6) is 0 Å². The van der Waals surface area contributed by atoms with Gasteiger partial charge in [-0.15, -0.1) is 5.10 Å². The molecule has 0 bridgehead atoms. The summed E-state index contributed by atoms with van der Waals surface area (Å²) in [6, 6.07) is 11.4. The highest BCUT2D eigenvalue weighted by Crippen LogP contribution is 2.30. The Hall–Kier alpha value is -2.47. The van der Waals surface area contributed by atoms with E-state index in [1.807, 2.05) is 6.20 Å². The second-order valence-electron chi connectivity index (χ2n) is 6.41. The minimum Gasteiger partial charge on any atom is -0.304 e. The lowest BCUT2D eigenvalue weighted by molar-refractivity contribution is 0.287. The van der Waals surface area contributed by atoms with Gasteiger partial charge < -0.3 is 5.32 Å². The van der Waals surface area contributed by atoms with E-state index < -0.39 is 0 Å².